The molecule has 0 spiro atoms. The maximum Gasteiger partial charge on any atom is 0.323 e. The van der Waals surface area contributed by atoms with Gasteiger partial charge >= 0.3 is 5.82 Å². The molecule has 1 saturated carbocycles. The number of nitrogens with zero attached hydrogens (tertiary/aromatic N) is 2. The molecule has 0 aliphatic heterocycles. The molecule has 1 fully saturated rings. The van der Waals surface area contributed by atoms with Gasteiger partial charge in [-0.25, -0.2) is 4.57 Å². The summed E-state index contributed by atoms with van der Waals surface area (Å²) >= 11 is 0. The molecule has 1 aromatic carbocycles. The number of benzene rings is 1. The van der Waals surface area contributed by atoms with Crippen LogP contribution in [0.15, 0.2) is 36.4 Å². The van der Waals surface area contributed by atoms with Crippen LogP contribution in [0, 0.1) is 10.1 Å². The van der Waals surface area contributed by atoms with Crippen molar-refractivity contribution in [2.75, 3.05) is 5.32 Å². The van der Waals surface area contributed by atoms with Gasteiger partial charge in [0.05, 0.1) is 7.05 Å². The first-order valence-corrected chi connectivity index (χ1v) is 7.48. The second kappa shape index (κ2) is 6.15. The summed E-state index contributed by atoms with van der Waals surface area (Å²) in [6.45, 7) is 0. The van der Waals surface area contributed by atoms with Crippen molar-refractivity contribution in [2.45, 2.75) is 18.9 Å². The van der Waals surface area contributed by atoms with Crippen LogP contribution >= 0.6 is 0 Å². The molecule has 1 aliphatic rings. The Bertz CT molecular complexity index is 823. The predicted molar refractivity (Wildman–Crippen MR) is 87.0 cm³/mol. The Balaban J connectivity index is 1.74. The SMILES string of the molecule is Cn1c(C(=O)Nc2cccc(C(=O)NC3CC3)c2)ccc1[N+](=O)[O-]. The maximum atomic E-state index is 12.3. The van der Waals surface area contributed by atoms with E-state index in [1.54, 1.807) is 24.3 Å². The molecule has 2 N–H and O–H groups in total. The van der Waals surface area contributed by atoms with Crippen molar-refractivity contribution >= 4 is 23.3 Å². The largest absolute Gasteiger partial charge is 0.358 e. The van der Waals surface area contributed by atoms with Crippen LogP contribution in [0.1, 0.15) is 33.7 Å². The van der Waals surface area contributed by atoms with Crippen molar-refractivity contribution in [1.82, 2.24) is 9.88 Å². The third-order valence-corrected chi connectivity index (χ3v) is 3.81. The minimum atomic E-state index is -0.556. The van der Waals surface area contributed by atoms with Crippen LogP contribution in [0.25, 0.3) is 0 Å². The van der Waals surface area contributed by atoms with Crippen molar-refractivity contribution in [2.24, 2.45) is 7.05 Å². The van der Waals surface area contributed by atoms with Crippen LogP contribution in [-0.2, 0) is 7.05 Å². The number of hydrogen-bond donors (Lipinski definition) is 2. The minimum Gasteiger partial charge on any atom is -0.358 e. The lowest BCUT2D eigenvalue weighted by Gasteiger charge is -2.07. The highest BCUT2D eigenvalue weighted by molar-refractivity contribution is 6.04. The van der Waals surface area contributed by atoms with E-state index in [0.717, 1.165) is 12.8 Å². The molecule has 0 unspecified atom stereocenters. The zero-order chi connectivity index (χ0) is 17.3. The average Bonchev–Trinajstić information content (AvgIpc) is 3.26. The van der Waals surface area contributed by atoms with Gasteiger partial charge in [0.15, 0.2) is 5.69 Å². The summed E-state index contributed by atoms with van der Waals surface area (Å²) in [4.78, 5) is 34.6. The lowest BCUT2D eigenvalue weighted by atomic mass is 10.2. The standard InChI is InChI=1S/C16H16N4O4/c1-19-13(7-8-14(19)20(23)24)16(22)18-12-4-2-3-10(9-12)15(21)17-11-5-6-11/h2-4,7-9,11H,5-6H2,1H3,(H,17,21)(H,18,22). The second-order valence-corrected chi connectivity index (χ2v) is 5.68. The highest BCUT2D eigenvalue weighted by Gasteiger charge is 2.24. The van der Waals surface area contributed by atoms with Crippen molar-refractivity contribution in [3.05, 3.63) is 57.8 Å². The molecular weight excluding hydrogens is 312 g/mol. The zero-order valence-corrected chi connectivity index (χ0v) is 13.0. The van der Waals surface area contributed by atoms with Gasteiger partial charge in [-0.3, -0.25) is 9.59 Å². The van der Waals surface area contributed by atoms with Gasteiger partial charge in [0.1, 0.15) is 0 Å². The van der Waals surface area contributed by atoms with Gasteiger partial charge in [-0.1, -0.05) is 6.07 Å². The fraction of sp³-hybridized carbons (Fsp3) is 0.250. The Labute approximate surface area is 137 Å². The van der Waals surface area contributed by atoms with Gasteiger partial charge < -0.3 is 20.7 Å². The van der Waals surface area contributed by atoms with Crippen LogP contribution in [0.4, 0.5) is 11.5 Å². The quantitative estimate of drug-likeness (QED) is 0.647. The Kier molecular flexibility index (Phi) is 4.03. The van der Waals surface area contributed by atoms with E-state index >= 15 is 0 Å². The molecular formula is C16H16N4O4. The first-order chi connectivity index (χ1) is 11.5. The monoisotopic (exact) mass is 328 g/mol. The third-order valence-electron chi connectivity index (χ3n) is 3.81. The van der Waals surface area contributed by atoms with Gasteiger partial charge in [-0.05, 0) is 42.0 Å². The van der Waals surface area contributed by atoms with E-state index in [-0.39, 0.29) is 23.5 Å². The summed E-state index contributed by atoms with van der Waals surface area (Å²) in [6.07, 6.45) is 1.99. The normalized spacial score (nSPS) is 13.4. The average molecular weight is 328 g/mol. The smallest absolute Gasteiger partial charge is 0.323 e. The molecule has 1 heterocycles. The predicted octanol–water partition coefficient (Wildman–Crippen LogP) is 2.08. The highest BCUT2D eigenvalue weighted by atomic mass is 16.6. The van der Waals surface area contributed by atoms with E-state index in [1.807, 2.05) is 0 Å². The van der Waals surface area contributed by atoms with Crippen molar-refractivity contribution in [3.63, 3.8) is 0 Å². The molecule has 8 heteroatoms. The number of hydrogen-bond acceptors (Lipinski definition) is 4. The van der Waals surface area contributed by atoms with E-state index in [4.69, 9.17) is 0 Å². The fourth-order valence-electron chi connectivity index (χ4n) is 2.34. The highest BCUT2D eigenvalue weighted by Crippen LogP contribution is 2.20. The van der Waals surface area contributed by atoms with Crippen LogP contribution < -0.4 is 10.6 Å². The molecule has 0 saturated heterocycles. The molecule has 124 valence electrons. The molecule has 8 nitrogen and oxygen atoms in total. The van der Waals surface area contributed by atoms with Crippen molar-refractivity contribution in [3.8, 4) is 0 Å². The Morgan fingerprint density at radius 2 is 1.96 bits per heavy atom. The molecule has 2 aromatic rings. The Morgan fingerprint density at radius 1 is 1.21 bits per heavy atom. The molecule has 0 bridgehead atoms. The molecule has 0 radical (unpaired) electrons. The van der Waals surface area contributed by atoms with Crippen molar-refractivity contribution < 1.29 is 14.5 Å². The van der Waals surface area contributed by atoms with E-state index in [0.29, 0.717) is 11.3 Å². The molecule has 1 aliphatic carbocycles. The second-order valence-electron chi connectivity index (χ2n) is 5.68. The number of carbonyl (C=O) groups excluding carboxylic acids is 2. The number of aromatic nitrogens is 1. The number of rotatable bonds is 5. The first-order valence-electron chi connectivity index (χ1n) is 7.48. The van der Waals surface area contributed by atoms with Crippen LogP contribution in [0.5, 0.6) is 0 Å². The van der Waals surface area contributed by atoms with Gasteiger partial charge in [0, 0.05) is 23.4 Å². The zero-order valence-electron chi connectivity index (χ0n) is 13.0. The summed E-state index contributed by atoms with van der Waals surface area (Å²) in [7, 11) is 1.45. The molecule has 3 rings (SSSR count). The number of nitrogens with one attached hydrogen (secondary N) is 2. The van der Waals surface area contributed by atoms with Gasteiger partial charge in [0.25, 0.3) is 11.8 Å². The molecule has 0 atom stereocenters. The third kappa shape index (κ3) is 3.27. The first kappa shape index (κ1) is 15.7. The summed E-state index contributed by atoms with van der Waals surface area (Å²) in [5, 5.41) is 16.4. The van der Waals surface area contributed by atoms with Gasteiger partial charge in [-0.15, -0.1) is 0 Å². The van der Waals surface area contributed by atoms with E-state index < -0.39 is 10.8 Å². The fourth-order valence-corrected chi connectivity index (χ4v) is 2.34. The number of amides is 2. The lowest BCUT2D eigenvalue weighted by Crippen LogP contribution is -2.25. The molecule has 1 aromatic heterocycles. The Hall–Kier alpha value is -3.16. The lowest BCUT2D eigenvalue weighted by molar-refractivity contribution is -0.391. The van der Waals surface area contributed by atoms with Crippen LogP contribution in [0.2, 0.25) is 0 Å². The Morgan fingerprint density at radius 3 is 2.58 bits per heavy atom. The maximum absolute atomic E-state index is 12.3. The topological polar surface area (TPSA) is 106 Å². The minimum absolute atomic E-state index is 0.162. The van der Waals surface area contributed by atoms with E-state index in [2.05, 4.69) is 10.6 Å². The van der Waals surface area contributed by atoms with Crippen LogP contribution in [0.3, 0.4) is 0 Å². The summed E-state index contributed by atoms with van der Waals surface area (Å²) < 4.78 is 1.21. The number of nitro groups is 1. The van der Waals surface area contributed by atoms with E-state index in [1.165, 1.54) is 23.7 Å². The van der Waals surface area contributed by atoms with Crippen LogP contribution in [-0.4, -0.2) is 27.3 Å². The summed E-state index contributed by atoms with van der Waals surface area (Å²) in [6, 6.07) is 9.48. The molecule has 24 heavy (non-hydrogen) atoms. The number of carbonyl (C=O) groups is 2. The summed E-state index contributed by atoms with van der Waals surface area (Å²) in [5.74, 6) is -0.828. The summed E-state index contributed by atoms with van der Waals surface area (Å²) in [5.41, 5.74) is 1.07. The van der Waals surface area contributed by atoms with Gasteiger partial charge in [-0.2, -0.15) is 0 Å². The van der Waals surface area contributed by atoms with E-state index in [9.17, 15) is 19.7 Å². The molecule has 2 amide bonds. The van der Waals surface area contributed by atoms with Gasteiger partial charge in [0.2, 0.25) is 0 Å². The number of anilines is 1. The van der Waals surface area contributed by atoms with Crippen molar-refractivity contribution in [1.29, 1.82) is 0 Å².